The number of halogens is 3. The molecule has 1 aliphatic rings. The molecule has 1 aliphatic heterocycles. The fraction of sp³-hybridized carbons (Fsp3) is 0.556. The minimum absolute atomic E-state index is 0.0856. The summed E-state index contributed by atoms with van der Waals surface area (Å²) in [7, 11) is -4.11. The van der Waals surface area contributed by atoms with Crippen molar-refractivity contribution in [3.05, 3.63) is 35.2 Å². The van der Waals surface area contributed by atoms with Gasteiger partial charge in [0.25, 0.3) is 11.9 Å². The highest BCUT2D eigenvalue weighted by Gasteiger charge is 2.35. The Morgan fingerprint density at radius 1 is 1.24 bits per heavy atom. The van der Waals surface area contributed by atoms with E-state index in [1.54, 1.807) is 13.8 Å². The molecule has 0 spiro atoms. The lowest BCUT2D eigenvalue weighted by Crippen LogP contribution is -2.44. The van der Waals surface area contributed by atoms with Gasteiger partial charge in [-0.05, 0) is 17.9 Å². The number of aromatic nitrogens is 3. The predicted molar refractivity (Wildman–Crippen MR) is 108 cm³/mol. The first-order valence-corrected chi connectivity index (χ1v) is 11.4. The second kappa shape index (κ2) is 10.0. The maximum absolute atomic E-state index is 13.0. The molecule has 0 saturated carbocycles. The van der Waals surface area contributed by atoms with E-state index in [1.807, 2.05) is 4.72 Å². The van der Waals surface area contributed by atoms with E-state index >= 15 is 0 Å². The number of nitrogens with one attached hydrogen (secondary N) is 2. The van der Waals surface area contributed by atoms with Crippen LogP contribution < -0.4 is 10.0 Å². The molecule has 0 aliphatic carbocycles. The quantitative estimate of drug-likeness (QED) is 0.593. The number of rotatable bonds is 7. The normalized spacial score (nSPS) is 15.9. The number of anilines is 1. The number of carbonyl (C=O) groups is 1. The van der Waals surface area contributed by atoms with Crippen molar-refractivity contribution in [3.63, 3.8) is 0 Å². The number of nitrogens with zero attached hydrogens (tertiary/aromatic N) is 4. The van der Waals surface area contributed by atoms with Crippen molar-refractivity contribution in [3.8, 4) is 0 Å². The average molecular weight is 492 g/mol. The molecule has 0 radical (unpaired) electrons. The summed E-state index contributed by atoms with van der Waals surface area (Å²) in [5.41, 5.74) is 0.255. The molecule has 3 heterocycles. The van der Waals surface area contributed by atoms with Gasteiger partial charge in [-0.15, -0.1) is 0 Å². The van der Waals surface area contributed by atoms with Crippen LogP contribution in [0.1, 0.15) is 53.8 Å². The fourth-order valence-electron chi connectivity index (χ4n) is 3.00. The maximum Gasteiger partial charge on any atom is 0.451 e. The first-order valence-electron chi connectivity index (χ1n) is 9.99. The van der Waals surface area contributed by atoms with Crippen LogP contribution in [0.3, 0.4) is 0 Å². The third-order valence-electron chi connectivity index (χ3n) is 4.66. The molecule has 1 saturated heterocycles. The zero-order valence-corrected chi connectivity index (χ0v) is 18.7. The van der Waals surface area contributed by atoms with Crippen LogP contribution in [0.2, 0.25) is 0 Å². The van der Waals surface area contributed by atoms with E-state index in [-0.39, 0.29) is 49.6 Å². The van der Waals surface area contributed by atoms with Crippen molar-refractivity contribution >= 4 is 22.1 Å². The first kappa shape index (κ1) is 24.9. The van der Waals surface area contributed by atoms with Crippen molar-refractivity contribution in [2.45, 2.75) is 38.9 Å². The summed E-state index contributed by atoms with van der Waals surface area (Å²) in [5.74, 6) is -2.44. The van der Waals surface area contributed by atoms with Crippen molar-refractivity contribution in [1.82, 2.24) is 24.0 Å². The highest BCUT2D eigenvalue weighted by Crippen LogP contribution is 2.28. The van der Waals surface area contributed by atoms with Gasteiger partial charge in [-0.2, -0.15) is 30.9 Å². The number of carbonyl (C=O) groups excluding carboxylic acids is 1. The van der Waals surface area contributed by atoms with Gasteiger partial charge in [0.05, 0.1) is 18.8 Å². The van der Waals surface area contributed by atoms with Crippen LogP contribution in [0, 0.1) is 0 Å². The minimum atomic E-state index is -4.70. The summed E-state index contributed by atoms with van der Waals surface area (Å²) in [5, 5.41) is 2.65. The lowest BCUT2D eigenvalue weighted by atomic mass is 10.0. The van der Waals surface area contributed by atoms with Crippen molar-refractivity contribution in [1.29, 1.82) is 0 Å². The molecular formula is C18H23F3N6O5S. The molecule has 3 rings (SSSR count). The highest BCUT2D eigenvalue weighted by molar-refractivity contribution is 7.87. The second-order valence-electron chi connectivity index (χ2n) is 7.44. The lowest BCUT2D eigenvalue weighted by Gasteiger charge is -2.18. The Morgan fingerprint density at radius 3 is 2.70 bits per heavy atom. The Balaban J connectivity index is 1.68. The zero-order chi connectivity index (χ0) is 24.2. The fourth-order valence-corrected chi connectivity index (χ4v) is 4.16. The Hall–Kier alpha value is -2.78. The molecule has 33 heavy (non-hydrogen) atoms. The predicted octanol–water partition coefficient (Wildman–Crippen LogP) is 1.92. The second-order valence-corrected chi connectivity index (χ2v) is 9.11. The van der Waals surface area contributed by atoms with Gasteiger partial charge in [-0.3, -0.25) is 4.79 Å². The van der Waals surface area contributed by atoms with Crippen molar-refractivity contribution < 1.29 is 35.5 Å². The molecule has 2 aromatic heterocycles. The number of alkyl halides is 3. The van der Waals surface area contributed by atoms with E-state index in [0.29, 0.717) is 18.6 Å². The molecular weight excluding hydrogens is 469 g/mol. The maximum atomic E-state index is 13.0. The van der Waals surface area contributed by atoms with Gasteiger partial charge in [0.1, 0.15) is 6.26 Å². The van der Waals surface area contributed by atoms with Crippen molar-refractivity contribution in [2.75, 3.05) is 31.6 Å². The zero-order valence-electron chi connectivity index (χ0n) is 17.8. The summed E-state index contributed by atoms with van der Waals surface area (Å²) < 4.78 is 77.0. The molecule has 2 aromatic rings. The average Bonchev–Trinajstić information content (AvgIpc) is 3.03. The largest absolute Gasteiger partial charge is 0.451 e. The first-order chi connectivity index (χ1) is 15.5. The number of hydrogen-bond donors (Lipinski definition) is 2. The lowest BCUT2D eigenvalue weighted by molar-refractivity contribution is -0.145. The Kier molecular flexibility index (Phi) is 7.54. The molecule has 1 fully saturated rings. The van der Waals surface area contributed by atoms with E-state index in [4.69, 9.17) is 9.15 Å². The SMILES string of the molecule is CC(C)c1cnc(C(F)(F)F)nc1CNc1nc(C(=O)NS(=O)(=O)N2CCCOCC2)co1. The molecule has 11 nitrogen and oxygen atoms in total. The number of ether oxygens (including phenoxy) is 1. The van der Waals surface area contributed by atoms with Gasteiger partial charge in [-0.1, -0.05) is 13.8 Å². The molecule has 2 N–H and O–H groups in total. The van der Waals surface area contributed by atoms with Crippen LogP contribution in [0.15, 0.2) is 16.9 Å². The Morgan fingerprint density at radius 2 is 2.00 bits per heavy atom. The van der Waals surface area contributed by atoms with Crippen molar-refractivity contribution in [2.24, 2.45) is 0 Å². The van der Waals surface area contributed by atoms with Gasteiger partial charge < -0.3 is 14.5 Å². The summed E-state index contributed by atoms with van der Waals surface area (Å²) in [4.78, 5) is 23.1. The Bertz CT molecular complexity index is 1080. The third-order valence-corrected chi connectivity index (χ3v) is 6.15. The van der Waals surface area contributed by atoms with E-state index in [0.717, 1.165) is 16.8 Å². The van der Waals surface area contributed by atoms with Gasteiger partial charge in [-0.25, -0.2) is 14.7 Å². The van der Waals surface area contributed by atoms with E-state index in [9.17, 15) is 26.4 Å². The molecule has 0 unspecified atom stereocenters. The number of amides is 1. The minimum Gasteiger partial charge on any atom is -0.431 e. The summed E-state index contributed by atoms with van der Waals surface area (Å²) in [6.45, 7) is 4.31. The summed E-state index contributed by atoms with van der Waals surface area (Å²) in [6.07, 6.45) is -2.16. The number of oxazole rings is 1. The third kappa shape index (κ3) is 6.39. The molecule has 182 valence electrons. The Labute approximate surface area is 187 Å². The van der Waals surface area contributed by atoms with Crippen LogP contribution >= 0.6 is 0 Å². The van der Waals surface area contributed by atoms with E-state index in [2.05, 4.69) is 20.3 Å². The molecule has 0 bridgehead atoms. The highest BCUT2D eigenvalue weighted by atomic mass is 32.2. The molecule has 0 atom stereocenters. The van der Waals surface area contributed by atoms with Crippen LogP contribution in [0.4, 0.5) is 19.2 Å². The van der Waals surface area contributed by atoms with Crippen LogP contribution in [0.25, 0.3) is 0 Å². The van der Waals surface area contributed by atoms with Gasteiger partial charge in [0.15, 0.2) is 5.69 Å². The van der Waals surface area contributed by atoms with Crippen LogP contribution in [-0.4, -0.2) is 59.9 Å². The molecule has 15 heteroatoms. The van der Waals surface area contributed by atoms with Gasteiger partial charge in [0.2, 0.25) is 5.82 Å². The molecule has 1 amide bonds. The summed E-state index contributed by atoms with van der Waals surface area (Å²) >= 11 is 0. The van der Waals surface area contributed by atoms with Crippen LogP contribution in [0.5, 0.6) is 0 Å². The van der Waals surface area contributed by atoms with E-state index in [1.165, 1.54) is 0 Å². The monoisotopic (exact) mass is 492 g/mol. The summed E-state index contributed by atoms with van der Waals surface area (Å²) in [6, 6.07) is -0.192. The smallest absolute Gasteiger partial charge is 0.431 e. The van der Waals surface area contributed by atoms with Gasteiger partial charge >= 0.3 is 16.4 Å². The topological polar surface area (TPSA) is 140 Å². The van der Waals surface area contributed by atoms with Gasteiger partial charge in [0, 0.05) is 25.9 Å². The standard InChI is InChI=1S/C18H23F3N6O5S/c1-11(2)12-8-22-16(18(19,20)21)24-13(12)9-23-17-25-14(10-32-17)15(28)26-33(29,30)27-4-3-6-31-7-5-27/h8,10-11H,3-7,9H2,1-2H3,(H,23,25)(H,26,28). The van der Waals surface area contributed by atoms with E-state index < -0.39 is 28.1 Å². The van der Waals surface area contributed by atoms with Crippen LogP contribution in [-0.2, 0) is 27.7 Å². The molecule has 0 aromatic carbocycles. The number of hydrogen-bond acceptors (Lipinski definition) is 9.